The van der Waals surface area contributed by atoms with Gasteiger partial charge in [-0.15, -0.1) is 0 Å². The van der Waals surface area contributed by atoms with Crippen LogP contribution in [0.1, 0.15) is 19.8 Å². The molecule has 0 radical (unpaired) electrons. The predicted molar refractivity (Wildman–Crippen MR) is 44.4 cm³/mol. The average molecular weight is 167 g/mol. The molecule has 1 aliphatic rings. The van der Waals surface area contributed by atoms with E-state index in [1.165, 1.54) is 4.90 Å². The summed E-state index contributed by atoms with van der Waals surface area (Å²) in [6.07, 6.45) is 2.07. The van der Waals surface area contributed by atoms with E-state index >= 15 is 0 Å². The molecule has 2 amide bonds. The zero-order chi connectivity index (χ0) is 8.97. The molecular formula is C8H13N3O. The molecule has 1 N–H and O–H groups in total. The van der Waals surface area contributed by atoms with Crippen LogP contribution in [0.4, 0.5) is 4.79 Å². The highest BCUT2D eigenvalue weighted by Crippen LogP contribution is 2.15. The molecule has 1 fully saturated rings. The zero-order valence-electron chi connectivity index (χ0n) is 7.21. The molecule has 1 atom stereocenters. The fourth-order valence-electron chi connectivity index (χ4n) is 0.948. The Morgan fingerprint density at radius 3 is 3.08 bits per heavy atom. The van der Waals surface area contributed by atoms with Gasteiger partial charge in [-0.25, -0.2) is 4.79 Å². The van der Waals surface area contributed by atoms with Crippen molar-refractivity contribution >= 4 is 6.03 Å². The lowest BCUT2D eigenvalue weighted by Crippen LogP contribution is -2.30. The number of hydrogen-bond acceptors (Lipinski definition) is 2. The lowest BCUT2D eigenvalue weighted by molar-refractivity contribution is 0.228. The smallest absolute Gasteiger partial charge is 0.318 e. The molecule has 0 aliphatic carbocycles. The lowest BCUT2D eigenvalue weighted by atomic mass is 10.3. The molecule has 0 aromatic rings. The highest BCUT2D eigenvalue weighted by molar-refractivity contribution is 5.77. The van der Waals surface area contributed by atoms with Crippen LogP contribution in [0.25, 0.3) is 0 Å². The number of nitrogens with zero attached hydrogens (tertiary/aromatic N) is 2. The second kappa shape index (κ2) is 3.96. The monoisotopic (exact) mass is 167 g/mol. The number of nitriles is 1. The molecule has 1 heterocycles. The first-order valence-corrected chi connectivity index (χ1v) is 4.23. The van der Waals surface area contributed by atoms with Gasteiger partial charge < -0.3 is 10.2 Å². The van der Waals surface area contributed by atoms with E-state index < -0.39 is 0 Å². The molecule has 1 aliphatic heterocycles. The number of nitrogens with one attached hydrogen (secondary N) is 1. The van der Waals surface area contributed by atoms with Crippen molar-refractivity contribution in [1.82, 2.24) is 10.2 Å². The standard InChI is InChI=1S/C8H13N3O/c1-2-3-4-10-8(12)11-6-7(11)5-9/h7H,2-4,6H2,1H3,(H,10,12)/t7-,11?/m0/s1. The minimum absolute atomic E-state index is 0.102. The Bertz CT molecular complexity index is 209. The van der Waals surface area contributed by atoms with Gasteiger partial charge in [0.2, 0.25) is 0 Å². The van der Waals surface area contributed by atoms with Gasteiger partial charge >= 0.3 is 6.03 Å². The molecule has 0 aromatic carbocycles. The first-order valence-electron chi connectivity index (χ1n) is 4.23. The largest absolute Gasteiger partial charge is 0.338 e. The lowest BCUT2D eigenvalue weighted by Gasteiger charge is -2.03. The van der Waals surface area contributed by atoms with Gasteiger partial charge in [0.05, 0.1) is 12.6 Å². The van der Waals surface area contributed by atoms with Gasteiger partial charge in [0.15, 0.2) is 0 Å². The molecule has 1 saturated heterocycles. The van der Waals surface area contributed by atoms with Gasteiger partial charge in [0.1, 0.15) is 6.04 Å². The second-order valence-corrected chi connectivity index (χ2v) is 2.88. The van der Waals surface area contributed by atoms with Crippen LogP contribution >= 0.6 is 0 Å². The van der Waals surface area contributed by atoms with E-state index in [9.17, 15) is 4.79 Å². The van der Waals surface area contributed by atoms with E-state index in [0.29, 0.717) is 13.1 Å². The Morgan fingerprint density at radius 1 is 1.83 bits per heavy atom. The van der Waals surface area contributed by atoms with Crippen molar-refractivity contribution in [3.05, 3.63) is 0 Å². The number of rotatable bonds is 3. The third kappa shape index (κ3) is 2.12. The van der Waals surface area contributed by atoms with E-state index in [2.05, 4.69) is 12.2 Å². The maximum absolute atomic E-state index is 11.1. The van der Waals surface area contributed by atoms with Gasteiger partial charge in [-0.05, 0) is 6.42 Å². The molecule has 1 rings (SSSR count). The highest BCUT2D eigenvalue weighted by atomic mass is 16.2. The van der Waals surface area contributed by atoms with E-state index in [4.69, 9.17) is 5.26 Å². The molecule has 0 aromatic heterocycles. The van der Waals surface area contributed by atoms with Gasteiger partial charge in [0.25, 0.3) is 0 Å². The summed E-state index contributed by atoms with van der Waals surface area (Å²) in [5, 5.41) is 11.2. The van der Waals surface area contributed by atoms with Crippen molar-refractivity contribution in [2.45, 2.75) is 25.8 Å². The summed E-state index contributed by atoms with van der Waals surface area (Å²) in [4.78, 5) is 12.6. The van der Waals surface area contributed by atoms with Crippen LogP contribution in [0.3, 0.4) is 0 Å². The van der Waals surface area contributed by atoms with Gasteiger partial charge in [-0.3, -0.25) is 0 Å². The normalized spacial score (nSPS) is 20.0. The second-order valence-electron chi connectivity index (χ2n) is 2.88. The quantitative estimate of drug-likeness (QED) is 0.497. The van der Waals surface area contributed by atoms with Crippen molar-refractivity contribution < 1.29 is 4.79 Å². The van der Waals surface area contributed by atoms with Crippen molar-refractivity contribution in [3.63, 3.8) is 0 Å². The SMILES string of the molecule is CCCCNC(=O)N1C[C@@H]1C#N. The summed E-state index contributed by atoms with van der Waals surface area (Å²) in [5.41, 5.74) is 0. The molecule has 0 unspecified atom stereocenters. The molecule has 12 heavy (non-hydrogen) atoms. The number of hydrogen-bond donors (Lipinski definition) is 1. The summed E-state index contributed by atoms with van der Waals surface area (Å²) in [6.45, 7) is 3.38. The third-order valence-corrected chi connectivity index (χ3v) is 1.83. The molecule has 0 bridgehead atoms. The van der Waals surface area contributed by atoms with Crippen LogP contribution in [-0.2, 0) is 0 Å². The number of carbonyl (C=O) groups excluding carboxylic acids is 1. The van der Waals surface area contributed by atoms with Crippen molar-refractivity contribution in [1.29, 1.82) is 5.26 Å². The topological polar surface area (TPSA) is 55.9 Å². The van der Waals surface area contributed by atoms with Crippen molar-refractivity contribution in [2.75, 3.05) is 13.1 Å². The van der Waals surface area contributed by atoms with E-state index in [1.807, 2.05) is 6.07 Å². The molecule has 4 heteroatoms. The Hall–Kier alpha value is -1.24. The minimum Gasteiger partial charge on any atom is -0.338 e. The first-order chi connectivity index (χ1) is 5.79. The zero-order valence-corrected chi connectivity index (χ0v) is 7.21. The molecule has 0 saturated carbocycles. The van der Waals surface area contributed by atoms with E-state index in [-0.39, 0.29) is 12.1 Å². The molecule has 0 spiro atoms. The number of amides is 2. The van der Waals surface area contributed by atoms with Crippen LogP contribution in [0.5, 0.6) is 0 Å². The maximum atomic E-state index is 11.1. The summed E-state index contributed by atoms with van der Waals surface area (Å²) < 4.78 is 0. The molecule has 4 nitrogen and oxygen atoms in total. The molecular weight excluding hydrogens is 154 g/mol. The fourth-order valence-corrected chi connectivity index (χ4v) is 0.948. The van der Waals surface area contributed by atoms with E-state index in [1.54, 1.807) is 0 Å². The van der Waals surface area contributed by atoms with Gasteiger partial charge in [-0.2, -0.15) is 5.26 Å². The Balaban J connectivity index is 2.11. The van der Waals surface area contributed by atoms with E-state index in [0.717, 1.165) is 12.8 Å². The first kappa shape index (κ1) is 8.85. The third-order valence-electron chi connectivity index (χ3n) is 1.83. The summed E-state index contributed by atoms with van der Waals surface area (Å²) in [6, 6.07) is 1.75. The van der Waals surface area contributed by atoms with Crippen molar-refractivity contribution in [3.8, 4) is 6.07 Å². The minimum atomic E-state index is -0.174. The Morgan fingerprint density at radius 2 is 2.58 bits per heavy atom. The summed E-state index contributed by atoms with van der Waals surface area (Å²) >= 11 is 0. The number of urea groups is 1. The predicted octanol–water partition coefficient (Wildman–Crippen LogP) is 0.704. The Kier molecular flexibility index (Phi) is 2.92. The maximum Gasteiger partial charge on any atom is 0.318 e. The van der Waals surface area contributed by atoms with Crippen molar-refractivity contribution in [2.24, 2.45) is 0 Å². The number of carbonyl (C=O) groups is 1. The van der Waals surface area contributed by atoms with Crippen LogP contribution in [-0.4, -0.2) is 30.1 Å². The highest BCUT2D eigenvalue weighted by Gasteiger charge is 2.38. The Labute approximate surface area is 72.2 Å². The summed E-state index contributed by atoms with van der Waals surface area (Å²) in [7, 11) is 0. The van der Waals surface area contributed by atoms with Crippen LogP contribution in [0.2, 0.25) is 0 Å². The summed E-state index contributed by atoms with van der Waals surface area (Å²) in [5.74, 6) is 0. The molecule has 66 valence electrons. The van der Waals surface area contributed by atoms with Gasteiger partial charge in [-0.1, -0.05) is 13.3 Å². The van der Waals surface area contributed by atoms with Crippen LogP contribution in [0.15, 0.2) is 0 Å². The number of unbranched alkanes of at least 4 members (excludes halogenated alkanes) is 1. The fraction of sp³-hybridized carbons (Fsp3) is 0.750. The van der Waals surface area contributed by atoms with Crippen LogP contribution in [0, 0.1) is 11.3 Å². The average Bonchev–Trinajstić information content (AvgIpc) is 2.83. The van der Waals surface area contributed by atoms with Crippen LogP contribution < -0.4 is 5.32 Å². The van der Waals surface area contributed by atoms with Gasteiger partial charge in [0, 0.05) is 6.54 Å².